The minimum atomic E-state index is -1.82. The molecule has 0 aliphatic carbocycles. The first kappa shape index (κ1) is 50.9. The summed E-state index contributed by atoms with van der Waals surface area (Å²) in [5.74, 6) is -5.30. The van der Waals surface area contributed by atoms with Gasteiger partial charge in [-0.1, -0.05) is 133 Å². The summed E-state index contributed by atoms with van der Waals surface area (Å²) in [5, 5.41) is 11.4. The highest BCUT2D eigenvalue weighted by atomic mass is 16.7. The summed E-state index contributed by atoms with van der Waals surface area (Å²) in [6.07, 6.45) is -8.55. The summed E-state index contributed by atoms with van der Waals surface area (Å²) in [5.41, 5.74) is 1.27. The van der Waals surface area contributed by atoms with Crippen molar-refractivity contribution in [3.8, 4) is 40.1 Å². The molecule has 9 aromatic rings. The Morgan fingerprint density at radius 2 is 1.00 bits per heavy atom. The molecule has 0 amide bonds. The summed E-state index contributed by atoms with van der Waals surface area (Å²) >= 11 is 0. The molecule has 2 unspecified atom stereocenters. The molecule has 2 aliphatic heterocycles. The zero-order chi connectivity index (χ0) is 54.5. The molecule has 16 heteroatoms. The number of phenols is 1. The van der Waals surface area contributed by atoms with Gasteiger partial charge in [0.1, 0.15) is 35.2 Å². The standard InChI is InChI=1S/C63H46O16/c1-70-55-52(65)51-46(64)35-45(36-49(51)73-53(55)42-32-33-47-48(34-42)79-63(78-47,43-28-16-6-17-29-43)44-30-18-7-19-31-44)72-62-57(77-61(69)41-26-14-5-15-27-41)56(76-60(68)40-24-12-4-13-25-40)54(75-59(67)39-22-10-3-11-23-39)50(74-62)37-71-58(66)38-20-8-2-9-21-38/h2-36,50,54,56-57,62,64H,37H2,1H3/t50?,54-,56?,57-,62+/m0/s1. The van der Waals surface area contributed by atoms with E-state index >= 15 is 0 Å². The number of carbonyl (C=O) groups excluding carboxylic acids is 4. The Morgan fingerprint density at radius 3 is 1.52 bits per heavy atom. The third-order valence-corrected chi connectivity index (χ3v) is 13.1. The summed E-state index contributed by atoms with van der Waals surface area (Å²) in [4.78, 5) is 70.4. The Morgan fingerprint density at radius 1 is 0.532 bits per heavy atom. The fraction of sp³-hybridized carbons (Fsp3) is 0.127. The number of hydrogen-bond acceptors (Lipinski definition) is 16. The van der Waals surface area contributed by atoms with Crippen LogP contribution in [0.5, 0.6) is 28.7 Å². The third kappa shape index (κ3) is 10.4. The maximum absolute atomic E-state index is 14.4. The van der Waals surface area contributed by atoms with Gasteiger partial charge in [-0.15, -0.1) is 0 Å². The monoisotopic (exact) mass is 1060 g/mol. The zero-order valence-corrected chi connectivity index (χ0v) is 41.9. The first-order valence-corrected chi connectivity index (χ1v) is 24.9. The maximum atomic E-state index is 14.4. The predicted octanol–water partition coefficient (Wildman–Crippen LogP) is 10.5. The second kappa shape index (κ2) is 22.2. The van der Waals surface area contributed by atoms with E-state index in [4.69, 9.17) is 47.0 Å². The van der Waals surface area contributed by atoms with Crippen LogP contribution in [0, 0.1) is 0 Å². The molecule has 3 heterocycles. The lowest BCUT2D eigenvalue weighted by molar-refractivity contribution is -0.275. The Bertz CT molecular complexity index is 3690. The molecule has 5 atom stereocenters. The molecular weight excluding hydrogens is 1010 g/mol. The number of methoxy groups -OCH3 is 1. The van der Waals surface area contributed by atoms with Crippen LogP contribution in [0.2, 0.25) is 0 Å². The smallest absolute Gasteiger partial charge is 0.338 e. The average Bonchev–Trinajstić information content (AvgIpc) is 4.18. The molecule has 394 valence electrons. The van der Waals surface area contributed by atoms with Gasteiger partial charge in [0.25, 0.3) is 0 Å². The van der Waals surface area contributed by atoms with E-state index in [1.807, 2.05) is 60.7 Å². The van der Waals surface area contributed by atoms with E-state index in [1.54, 1.807) is 91.0 Å². The molecule has 79 heavy (non-hydrogen) atoms. The van der Waals surface area contributed by atoms with Crippen molar-refractivity contribution in [3.05, 3.63) is 256 Å². The highest BCUT2D eigenvalue weighted by Gasteiger charge is 2.54. The Labute approximate surface area is 450 Å². The number of aromatic hydroxyl groups is 1. The van der Waals surface area contributed by atoms with Gasteiger partial charge in [0.15, 0.2) is 29.5 Å². The van der Waals surface area contributed by atoms with Crippen molar-refractivity contribution in [2.75, 3.05) is 13.7 Å². The number of esters is 4. The third-order valence-electron chi connectivity index (χ3n) is 13.1. The molecule has 1 N–H and O–H groups in total. The van der Waals surface area contributed by atoms with Gasteiger partial charge in [0.2, 0.25) is 23.6 Å². The highest BCUT2D eigenvalue weighted by Crippen LogP contribution is 2.50. The van der Waals surface area contributed by atoms with E-state index in [2.05, 4.69) is 0 Å². The van der Waals surface area contributed by atoms with Crippen LogP contribution >= 0.6 is 0 Å². The molecule has 1 aromatic heterocycles. The van der Waals surface area contributed by atoms with Crippen LogP contribution in [-0.4, -0.2) is 73.4 Å². The average molecular weight is 1060 g/mol. The largest absolute Gasteiger partial charge is 0.507 e. The minimum absolute atomic E-state index is 0.0558. The number of benzene rings is 8. The lowest BCUT2D eigenvalue weighted by Gasteiger charge is -2.44. The van der Waals surface area contributed by atoms with Crippen molar-refractivity contribution in [1.82, 2.24) is 0 Å². The molecular formula is C63H46O16. The second-order valence-electron chi connectivity index (χ2n) is 18.2. The number of fused-ring (bicyclic) bond motifs is 2. The molecule has 0 radical (unpaired) electrons. The number of rotatable bonds is 15. The van der Waals surface area contributed by atoms with Crippen molar-refractivity contribution in [1.29, 1.82) is 0 Å². The molecule has 2 aliphatic rings. The van der Waals surface area contributed by atoms with E-state index < -0.39 is 78.2 Å². The summed E-state index contributed by atoms with van der Waals surface area (Å²) in [7, 11) is 1.29. The van der Waals surface area contributed by atoms with Crippen molar-refractivity contribution in [2.45, 2.75) is 36.5 Å². The van der Waals surface area contributed by atoms with E-state index in [0.29, 0.717) is 17.1 Å². The quantitative estimate of drug-likeness (QED) is 0.0750. The van der Waals surface area contributed by atoms with E-state index in [0.717, 1.165) is 17.2 Å². The normalized spacial score (nSPS) is 17.9. The topological polar surface area (TPSA) is 202 Å². The highest BCUT2D eigenvalue weighted by molar-refractivity contribution is 5.92. The molecule has 0 bridgehead atoms. The van der Waals surface area contributed by atoms with Crippen molar-refractivity contribution >= 4 is 34.8 Å². The van der Waals surface area contributed by atoms with Gasteiger partial charge < -0.3 is 52.2 Å². The molecule has 8 aromatic carbocycles. The Kier molecular flexibility index (Phi) is 14.3. The van der Waals surface area contributed by atoms with Gasteiger partial charge >= 0.3 is 29.7 Å². The molecule has 1 saturated heterocycles. The van der Waals surface area contributed by atoms with Gasteiger partial charge in [-0.3, -0.25) is 4.79 Å². The van der Waals surface area contributed by atoms with E-state index in [1.165, 1.54) is 61.7 Å². The van der Waals surface area contributed by atoms with Crippen LogP contribution in [-0.2, 0) is 29.5 Å². The Balaban J connectivity index is 0.998. The molecule has 11 rings (SSSR count). The van der Waals surface area contributed by atoms with E-state index in [9.17, 15) is 29.1 Å². The van der Waals surface area contributed by atoms with Crippen LogP contribution in [0.15, 0.2) is 222 Å². The first-order valence-electron chi connectivity index (χ1n) is 24.9. The molecule has 16 nitrogen and oxygen atoms in total. The molecule has 0 spiro atoms. The van der Waals surface area contributed by atoms with Gasteiger partial charge in [-0.05, 0) is 66.7 Å². The number of hydrogen-bond donors (Lipinski definition) is 1. The van der Waals surface area contributed by atoms with E-state index in [-0.39, 0.29) is 50.5 Å². The first-order chi connectivity index (χ1) is 38.6. The van der Waals surface area contributed by atoms with Crippen LogP contribution in [0.1, 0.15) is 52.6 Å². The van der Waals surface area contributed by atoms with Crippen LogP contribution < -0.4 is 24.4 Å². The maximum Gasteiger partial charge on any atom is 0.338 e. The van der Waals surface area contributed by atoms with Gasteiger partial charge in [0, 0.05) is 28.8 Å². The lowest BCUT2D eigenvalue weighted by atomic mass is 9.97. The number of phenolic OH excluding ortho intramolecular Hbond substituents is 1. The fourth-order valence-electron chi connectivity index (χ4n) is 9.32. The van der Waals surface area contributed by atoms with Crippen LogP contribution in [0.4, 0.5) is 0 Å². The van der Waals surface area contributed by atoms with Crippen LogP contribution in [0.25, 0.3) is 22.3 Å². The fourth-order valence-corrected chi connectivity index (χ4v) is 9.32. The SMILES string of the molecule is COc1c(-c2ccc3c(c2)OC(c2ccccc2)(c2ccccc2)O3)oc2cc(O[C@@H]3OC(COC(=O)c4ccccc4)[C@H](OC(=O)c4ccccc4)C(OC(=O)c4ccccc4)[C@@H]3OC(=O)c3ccccc3)cc(O)c2c1=O. The minimum Gasteiger partial charge on any atom is -0.507 e. The van der Waals surface area contributed by atoms with Crippen molar-refractivity contribution < 1.29 is 71.3 Å². The van der Waals surface area contributed by atoms with Gasteiger partial charge in [0.05, 0.1) is 29.4 Å². The number of ether oxygens (including phenoxy) is 9. The summed E-state index contributed by atoms with van der Waals surface area (Å²) < 4.78 is 62.8. The van der Waals surface area contributed by atoms with Crippen LogP contribution in [0.3, 0.4) is 0 Å². The van der Waals surface area contributed by atoms with Crippen molar-refractivity contribution in [3.63, 3.8) is 0 Å². The van der Waals surface area contributed by atoms with Gasteiger partial charge in [-0.25, -0.2) is 19.2 Å². The Hall–Kier alpha value is -10.2. The van der Waals surface area contributed by atoms with Gasteiger partial charge in [-0.2, -0.15) is 0 Å². The zero-order valence-electron chi connectivity index (χ0n) is 41.9. The summed E-state index contributed by atoms with van der Waals surface area (Å²) in [6.45, 7) is -0.632. The van der Waals surface area contributed by atoms with Crippen molar-refractivity contribution in [2.24, 2.45) is 0 Å². The predicted molar refractivity (Wildman–Crippen MR) is 284 cm³/mol. The molecule has 0 saturated carbocycles. The second-order valence-corrected chi connectivity index (χ2v) is 18.2. The lowest BCUT2D eigenvalue weighted by Crippen LogP contribution is -2.63. The number of carbonyl (C=O) groups is 4. The summed E-state index contributed by atoms with van der Waals surface area (Å²) in [6, 6.07) is 58.0. The molecule has 1 fully saturated rings.